The molecule has 0 bridgehead atoms. The number of likely N-dealkylation sites (tertiary alicyclic amines) is 1. The number of nitrogens with zero attached hydrogens (tertiary/aromatic N) is 4. The number of carbonyl (C=O) groups is 1. The Morgan fingerprint density at radius 1 is 1.35 bits per heavy atom. The van der Waals surface area contributed by atoms with E-state index in [9.17, 15) is 4.79 Å². The lowest BCUT2D eigenvalue weighted by atomic mass is 9.92. The number of rotatable bonds is 2. The zero-order valence-corrected chi connectivity index (χ0v) is 13.3. The number of anilines is 1. The molecule has 4 rings (SSSR count). The Morgan fingerprint density at radius 3 is 3.00 bits per heavy atom. The molecule has 4 heterocycles. The minimum atomic E-state index is 0.0739. The van der Waals surface area contributed by atoms with Gasteiger partial charge in [-0.05, 0) is 31.7 Å². The molecular formula is C17H21N5O. The van der Waals surface area contributed by atoms with Crippen LogP contribution >= 0.6 is 0 Å². The quantitative estimate of drug-likeness (QED) is 0.861. The van der Waals surface area contributed by atoms with Crippen LogP contribution in [-0.4, -0.2) is 51.4 Å². The minimum Gasteiger partial charge on any atom is -0.351 e. The van der Waals surface area contributed by atoms with Crippen molar-refractivity contribution in [2.45, 2.75) is 25.8 Å². The van der Waals surface area contributed by atoms with Crippen LogP contribution in [0.3, 0.4) is 0 Å². The molecule has 2 aromatic rings. The highest BCUT2D eigenvalue weighted by Crippen LogP contribution is 2.36. The Morgan fingerprint density at radius 2 is 2.17 bits per heavy atom. The summed E-state index contributed by atoms with van der Waals surface area (Å²) in [6, 6.07) is 2.36. The molecule has 2 atom stereocenters. The van der Waals surface area contributed by atoms with Gasteiger partial charge in [-0.3, -0.25) is 4.79 Å². The molecule has 0 unspecified atom stereocenters. The molecule has 2 saturated heterocycles. The summed E-state index contributed by atoms with van der Waals surface area (Å²) in [5.74, 6) is 1.69. The molecule has 2 aliphatic rings. The largest absolute Gasteiger partial charge is 0.351 e. The zero-order chi connectivity index (χ0) is 16.0. The minimum absolute atomic E-state index is 0.0739. The van der Waals surface area contributed by atoms with Crippen LogP contribution in [0.2, 0.25) is 0 Å². The molecule has 0 spiro atoms. The second-order valence-corrected chi connectivity index (χ2v) is 6.57. The Hall–Kier alpha value is -2.37. The number of amides is 1. The highest BCUT2D eigenvalue weighted by molar-refractivity contribution is 5.92. The van der Waals surface area contributed by atoms with Gasteiger partial charge in [0.1, 0.15) is 17.8 Å². The van der Waals surface area contributed by atoms with Crippen LogP contribution in [0.4, 0.5) is 5.82 Å². The summed E-state index contributed by atoms with van der Waals surface area (Å²) in [5.41, 5.74) is 1.48. The van der Waals surface area contributed by atoms with Gasteiger partial charge in [0.2, 0.25) is 5.91 Å². The number of hydrogen-bond acceptors (Lipinski definition) is 4. The van der Waals surface area contributed by atoms with Crippen LogP contribution < -0.4 is 4.90 Å². The van der Waals surface area contributed by atoms with Gasteiger partial charge in [-0.1, -0.05) is 6.58 Å². The standard InChI is InChI=1S/C17H21N5O/c1-11(2)17(23)21-7-4-12-5-8-22(14(12)9-21)16-13-3-6-18-15(13)19-10-20-16/h3,6,10,12,14H,1,4-5,7-9H2,2H3,(H,18,19,20)/t12-,14+/m0/s1. The van der Waals surface area contributed by atoms with Crippen molar-refractivity contribution in [1.29, 1.82) is 0 Å². The summed E-state index contributed by atoms with van der Waals surface area (Å²) in [6.07, 6.45) is 5.73. The highest BCUT2D eigenvalue weighted by Gasteiger charge is 2.40. The maximum absolute atomic E-state index is 12.3. The van der Waals surface area contributed by atoms with Gasteiger partial charge >= 0.3 is 0 Å². The predicted molar refractivity (Wildman–Crippen MR) is 89.1 cm³/mol. The topological polar surface area (TPSA) is 65.1 Å². The molecular weight excluding hydrogens is 290 g/mol. The Balaban J connectivity index is 1.64. The molecule has 0 aliphatic carbocycles. The first kappa shape index (κ1) is 14.2. The van der Waals surface area contributed by atoms with E-state index in [1.807, 2.05) is 17.2 Å². The van der Waals surface area contributed by atoms with Crippen molar-refractivity contribution in [1.82, 2.24) is 19.9 Å². The van der Waals surface area contributed by atoms with Crippen LogP contribution in [0.5, 0.6) is 0 Å². The first-order valence-electron chi connectivity index (χ1n) is 8.14. The lowest BCUT2D eigenvalue weighted by Crippen LogP contribution is -2.50. The molecule has 0 aromatic carbocycles. The van der Waals surface area contributed by atoms with Gasteiger partial charge in [-0.25, -0.2) is 9.97 Å². The number of carbonyl (C=O) groups excluding carboxylic acids is 1. The smallest absolute Gasteiger partial charge is 0.248 e. The third-order valence-corrected chi connectivity index (χ3v) is 5.12. The molecule has 120 valence electrons. The predicted octanol–water partition coefficient (Wildman–Crippen LogP) is 1.96. The van der Waals surface area contributed by atoms with Crippen molar-refractivity contribution in [3.63, 3.8) is 0 Å². The Kier molecular flexibility index (Phi) is 3.32. The molecule has 6 heteroatoms. The molecule has 1 N–H and O–H groups in total. The molecule has 2 aliphatic heterocycles. The van der Waals surface area contributed by atoms with Gasteiger partial charge in [0.15, 0.2) is 0 Å². The maximum Gasteiger partial charge on any atom is 0.248 e. The SMILES string of the molecule is C=C(C)C(=O)N1CC[C@H]2CCN(c3ncnc4[nH]ccc34)[C@@H]2C1. The van der Waals surface area contributed by atoms with Crippen LogP contribution in [0.25, 0.3) is 11.0 Å². The second kappa shape index (κ2) is 5.37. The molecule has 1 amide bonds. The second-order valence-electron chi connectivity index (χ2n) is 6.57. The van der Waals surface area contributed by atoms with Gasteiger partial charge in [-0.2, -0.15) is 0 Å². The highest BCUT2D eigenvalue weighted by atomic mass is 16.2. The average Bonchev–Trinajstić information content (AvgIpc) is 3.19. The first-order chi connectivity index (χ1) is 11.1. The number of aromatic nitrogens is 3. The third kappa shape index (κ3) is 2.29. The Bertz CT molecular complexity index is 767. The van der Waals surface area contributed by atoms with E-state index in [4.69, 9.17) is 0 Å². The lowest BCUT2D eigenvalue weighted by molar-refractivity contribution is -0.128. The number of H-pyrrole nitrogens is 1. The van der Waals surface area contributed by atoms with E-state index >= 15 is 0 Å². The van der Waals surface area contributed by atoms with E-state index in [0.717, 1.165) is 49.3 Å². The van der Waals surface area contributed by atoms with Crippen molar-refractivity contribution < 1.29 is 4.79 Å². The molecule has 0 saturated carbocycles. The van der Waals surface area contributed by atoms with E-state index < -0.39 is 0 Å². The van der Waals surface area contributed by atoms with E-state index in [1.54, 1.807) is 13.3 Å². The third-order valence-electron chi connectivity index (χ3n) is 5.12. The van der Waals surface area contributed by atoms with Crippen LogP contribution in [0, 0.1) is 5.92 Å². The van der Waals surface area contributed by atoms with Crippen molar-refractivity contribution in [2.75, 3.05) is 24.5 Å². The number of nitrogens with one attached hydrogen (secondary N) is 1. The average molecular weight is 311 g/mol. The molecule has 6 nitrogen and oxygen atoms in total. The van der Waals surface area contributed by atoms with Crippen molar-refractivity contribution in [3.05, 3.63) is 30.7 Å². The van der Waals surface area contributed by atoms with Crippen molar-refractivity contribution in [2.24, 2.45) is 5.92 Å². The number of hydrogen-bond donors (Lipinski definition) is 1. The summed E-state index contributed by atoms with van der Waals surface area (Å²) < 4.78 is 0. The molecule has 23 heavy (non-hydrogen) atoms. The van der Waals surface area contributed by atoms with Crippen LogP contribution in [-0.2, 0) is 4.79 Å². The van der Waals surface area contributed by atoms with Gasteiger partial charge < -0.3 is 14.8 Å². The number of aromatic amines is 1. The van der Waals surface area contributed by atoms with E-state index in [0.29, 0.717) is 17.5 Å². The summed E-state index contributed by atoms with van der Waals surface area (Å²) in [4.78, 5) is 28.5. The monoisotopic (exact) mass is 311 g/mol. The first-order valence-corrected chi connectivity index (χ1v) is 8.14. The van der Waals surface area contributed by atoms with Gasteiger partial charge in [0.25, 0.3) is 0 Å². The lowest BCUT2D eigenvalue weighted by Gasteiger charge is -2.39. The van der Waals surface area contributed by atoms with Gasteiger partial charge in [-0.15, -0.1) is 0 Å². The number of piperidine rings is 1. The summed E-state index contributed by atoms with van der Waals surface area (Å²) in [7, 11) is 0. The van der Waals surface area contributed by atoms with Crippen LogP contribution in [0.15, 0.2) is 30.7 Å². The van der Waals surface area contributed by atoms with E-state index in [-0.39, 0.29) is 5.91 Å². The van der Waals surface area contributed by atoms with Crippen molar-refractivity contribution >= 4 is 22.8 Å². The molecule has 0 radical (unpaired) electrons. The fourth-order valence-electron chi connectivity index (χ4n) is 3.95. The van der Waals surface area contributed by atoms with E-state index in [2.05, 4.69) is 26.4 Å². The Labute approximate surface area is 135 Å². The summed E-state index contributed by atoms with van der Waals surface area (Å²) >= 11 is 0. The van der Waals surface area contributed by atoms with Gasteiger partial charge in [0.05, 0.1) is 11.4 Å². The van der Waals surface area contributed by atoms with Gasteiger partial charge in [0, 0.05) is 31.4 Å². The van der Waals surface area contributed by atoms with Crippen molar-refractivity contribution in [3.8, 4) is 0 Å². The van der Waals surface area contributed by atoms with Crippen LogP contribution in [0.1, 0.15) is 19.8 Å². The number of fused-ring (bicyclic) bond motifs is 2. The zero-order valence-electron chi connectivity index (χ0n) is 13.3. The summed E-state index contributed by atoms with van der Waals surface area (Å²) in [5, 5.41) is 1.05. The normalized spacial score (nSPS) is 24.0. The summed E-state index contributed by atoms with van der Waals surface area (Å²) in [6.45, 7) is 8.17. The molecule has 2 aromatic heterocycles. The van der Waals surface area contributed by atoms with E-state index in [1.165, 1.54) is 0 Å². The molecule has 2 fully saturated rings. The fourth-order valence-corrected chi connectivity index (χ4v) is 3.95. The fraction of sp³-hybridized carbons (Fsp3) is 0.471. The maximum atomic E-state index is 12.3.